The monoisotopic (exact) mass is 203 g/mol. The van der Waals surface area contributed by atoms with E-state index in [2.05, 4.69) is 4.99 Å². The van der Waals surface area contributed by atoms with Gasteiger partial charge in [-0.25, -0.2) is 4.99 Å². The Morgan fingerprint density at radius 2 is 2.20 bits per heavy atom. The lowest BCUT2D eigenvalue weighted by molar-refractivity contribution is -0.117. The van der Waals surface area contributed by atoms with Crippen LogP contribution in [0.4, 0.5) is 0 Å². The van der Waals surface area contributed by atoms with Gasteiger partial charge in [-0.05, 0) is 19.1 Å². The number of carbonyl (C=O) groups excluding carboxylic acids is 1. The molecule has 1 aliphatic heterocycles. The molecule has 78 valence electrons. The van der Waals surface area contributed by atoms with Crippen LogP contribution in [-0.2, 0) is 9.53 Å². The minimum Gasteiger partial charge on any atom is -0.475 e. The Labute approximate surface area is 88.8 Å². The number of hydrogen-bond acceptors (Lipinski definition) is 3. The Morgan fingerprint density at radius 3 is 2.87 bits per heavy atom. The number of benzene rings is 1. The summed E-state index contributed by atoms with van der Waals surface area (Å²) >= 11 is 0. The van der Waals surface area contributed by atoms with E-state index in [1.807, 2.05) is 30.3 Å². The van der Waals surface area contributed by atoms with Gasteiger partial charge in [0.2, 0.25) is 5.90 Å². The van der Waals surface area contributed by atoms with Gasteiger partial charge in [-0.3, -0.25) is 4.79 Å². The minimum absolute atomic E-state index is 0.00212. The number of ether oxygens (including phenoxy) is 1. The molecule has 0 radical (unpaired) electrons. The number of hydrogen-bond donors (Lipinski definition) is 0. The number of Topliss-reactive ketones (excluding diaryl/α,β-unsaturated/α-hetero) is 1. The Hall–Kier alpha value is -1.64. The van der Waals surface area contributed by atoms with Crippen molar-refractivity contribution in [1.82, 2.24) is 0 Å². The first kappa shape index (κ1) is 9.90. The highest BCUT2D eigenvalue weighted by molar-refractivity contribution is 5.95. The molecule has 0 aliphatic carbocycles. The molecule has 0 saturated carbocycles. The van der Waals surface area contributed by atoms with Crippen molar-refractivity contribution < 1.29 is 9.53 Å². The molecule has 3 nitrogen and oxygen atoms in total. The first-order valence-corrected chi connectivity index (χ1v) is 5.01. The van der Waals surface area contributed by atoms with Crippen LogP contribution < -0.4 is 0 Å². The van der Waals surface area contributed by atoms with Crippen LogP contribution >= 0.6 is 0 Å². The number of nitrogens with zero attached hydrogens (tertiary/aromatic N) is 1. The lowest BCUT2D eigenvalue weighted by Gasteiger charge is -1.99. The Morgan fingerprint density at radius 1 is 1.47 bits per heavy atom. The van der Waals surface area contributed by atoms with Gasteiger partial charge in [-0.1, -0.05) is 18.2 Å². The Kier molecular flexibility index (Phi) is 2.81. The van der Waals surface area contributed by atoms with Crippen LogP contribution in [0.1, 0.15) is 18.9 Å². The van der Waals surface area contributed by atoms with Crippen LogP contribution in [-0.4, -0.2) is 24.3 Å². The van der Waals surface area contributed by atoms with E-state index in [-0.39, 0.29) is 11.8 Å². The average molecular weight is 203 g/mol. The van der Waals surface area contributed by atoms with Gasteiger partial charge in [0.25, 0.3) is 0 Å². The topological polar surface area (TPSA) is 38.7 Å². The van der Waals surface area contributed by atoms with Gasteiger partial charge < -0.3 is 4.74 Å². The summed E-state index contributed by atoms with van der Waals surface area (Å²) in [5.41, 5.74) is 0.976. The number of ketones is 1. The molecule has 2 rings (SSSR count). The van der Waals surface area contributed by atoms with E-state index in [0.717, 1.165) is 5.56 Å². The quantitative estimate of drug-likeness (QED) is 0.751. The largest absolute Gasteiger partial charge is 0.475 e. The highest BCUT2D eigenvalue weighted by Gasteiger charge is 2.20. The van der Waals surface area contributed by atoms with Crippen LogP contribution in [0.15, 0.2) is 35.3 Å². The third kappa shape index (κ3) is 2.43. The zero-order valence-electron chi connectivity index (χ0n) is 8.64. The van der Waals surface area contributed by atoms with Gasteiger partial charge in [0.05, 0.1) is 6.04 Å². The summed E-state index contributed by atoms with van der Waals surface area (Å²) < 4.78 is 5.45. The fourth-order valence-electron chi connectivity index (χ4n) is 1.59. The van der Waals surface area contributed by atoms with Crippen LogP contribution in [0.25, 0.3) is 0 Å². The number of rotatable bonds is 3. The molecule has 0 fully saturated rings. The lowest BCUT2D eigenvalue weighted by Crippen LogP contribution is -2.10. The van der Waals surface area contributed by atoms with Gasteiger partial charge in [-0.2, -0.15) is 0 Å². The van der Waals surface area contributed by atoms with E-state index in [1.54, 1.807) is 6.92 Å². The maximum atomic E-state index is 10.9. The minimum atomic E-state index is -0.00212. The summed E-state index contributed by atoms with van der Waals surface area (Å²) in [6.07, 6.45) is 0.469. The van der Waals surface area contributed by atoms with Crippen molar-refractivity contribution in [1.29, 1.82) is 0 Å². The van der Waals surface area contributed by atoms with Gasteiger partial charge in [0, 0.05) is 12.0 Å². The maximum absolute atomic E-state index is 10.9. The molecule has 0 spiro atoms. The van der Waals surface area contributed by atoms with Gasteiger partial charge in [0.1, 0.15) is 12.4 Å². The summed E-state index contributed by atoms with van der Waals surface area (Å²) in [5.74, 6) is 0.809. The molecule has 0 amide bonds. The summed E-state index contributed by atoms with van der Waals surface area (Å²) in [4.78, 5) is 15.3. The van der Waals surface area contributed by atoms with Crippen molar-refractivity contribution in [2.75, 3.05) is 6.61 Å². The predicted molar refractivity (Wildman–Crippen MR) is 58.0 cm³/mol. The molecule has 0 saturated heterocycles. The molecule has 0 aromatic heterocycles. The fraction of sp³-hybridized carbons (Fsp3) is 0.333. The van der Waals surface area contributed by atoms with Gasteiger partial charge in [0.15, 0.2) is 0 Å². The molecule has 1 heterocycles. The SMILES string of the molecule is CC(=O)C[C@H]1COC(c2ccccc2)=N1. The molecule has 1 aromatic carbocycles. The third-order valence-electron chi connectivity index (χ3n) is 2.26. The second kappa shape index (κ2) is 4.26. The molecule has 1 aromatic rings. The first-order valence-electron chi connectivity index (χ1n) is 5.01. The van der Waals surface area contributed by atoms with E-state index in [9.17, 15) is 4.79 Å². The van der Waals surface area contributed by atoms with Crippen LogP contribution in [0.3, 0.4) is 0 Å². The van der Waals surface area contributed by atoms with E-state index < -0.39 is 0 Å². The zero-order chi connectivity index (χ0) is 10.7. The summed E-state index contributed by atoms with van der Waals surface area (Å²) in [6.45, 7) is 2.10. The van der Waals surface area contributed by atoms with E-state index >= 15 is 0 Å². The van der Waals surface area contributed by atoms with E-state index in [0.29, 0.717) is 18.9 Å². The second-order valence-electron chi connectivity index (χ2n) is 3.67. The normalized spacial score (nSPS) is 19.5. The van der Waals surface area contributed by atoms with Crippen molar-refractivity contribution in [2.24, 2.45) is 4.99 Å². The lowest BCUT2D eigenvalue weighted by atomic mass is 10.2. The van der Waals surface area contributed by atoms with Crippen molar-refractivity contribution in [3.8, 4) is 0 Å². The Bertz CT molecular complexity index is 384. The molecule has 0 N–H and O–H groups in total. The molecular formula is C12H13NO2. The highest BCUT2D eigenvalue weighted by Crippen LogP contribution is 2.14. The molecule has 1 atom stereocenters. The molecule has 3 heteroatoms. The summed E-state index contributed by atoms with van der Waals surface area (Å²) in [5, 5.41) is 0. The molecule has 0 bridgehead atoms. The predicted octanol–water partition coefficient (Wildman–Crippen LogP) is 1.81. The van der Waals surface area contributed by atoms with Crippen molar-refractivity contribution in [2.45, 2.75) is 19.4 Å². The van der Waals surface area contributed by atoms with Crippen LogP contribution in [0.2, 0.25) is 0 Å². The van der Waals surface area contributed by atoms with Crippen molar-refractivity contribution in [3.63, 3.8) is 0 Å². The average Bonchev–Trinajstić information content (AvgIpc) is 2.67. The third-order valence-corrected chi connectivity index (χ3v) is 2.26. The molecular weight excluding hydrogens is 190 g/mol. The Balaban J connectivity index is 2.10. The maximum Gasteiger partial charge on any atom is 0.216 e. The van der Waals surface area contributed by atoms with E-state index in [1.165, 1.54) is 0 Å². The molecule has 15 heavy (non-hydrogen) atoms. The second-order valence-corrected chi connectivity index (χ2v) is 3.67. The first-order chi connectivity index (χ1) is 7.25. The van der Waals surface area contributed by atoms with E-state index in [4.69, 9.17) is 4.74 Å². The highest BCUT2D eigenvalue weighted by atomic mass is 16.5. The number of aliphatic imine (C=N–C) groups is 1. The summed E-state index contributed by atoms with van der Waals surface area (Å²) in [7, 11) is 0. The van der Waals surface area contributed by atoms with Crippen LogP contribution in [0.5, 0.6) is 0 Å². The number of carbonyl (C=O) groups is 1. The zero-order valence-corrected chi connectivity index (χ0v) is 8.64. The van der Waals surface area contributed by atoms with Gasteiger partial charge >= 0.3 is 0 Å². The summed E-state index contributed by atoms with van der Waals surface area (Å²) in [6, 6.07) is 9.74. The van der Waals surface area contributed by atoms with Gasteiger partial charge in [-0.15, -0.1) is 0 Å². The molecule has 0 unspecified atom stereocenters. The standard InChI is InChI=1S/C12H13NO2/c1-9(14)7-11-8-15-12(13-11)10-5-3-2-4-6-10/h2-6,11H,7-8H2,1H3/t11-/m0/s1. The van der Waals surface area contributed by atoms with Crippen molar-refractivity contribution in [3.05, 3.63) is 35.9 Å². The smallest absolute Gasteiger partial charge is 0.216 e. The van der Waals surface area contributed by atoms with Crippen LogP contribution in [0, 0.1) is 0 Å². The molecule has 1 aliphatic rings. The fourth-order valence-corrected chi connectivity index (χ4v) is 1.59. The van der Waals surface area contributed by atoms with Crippen molar-refractivity contribution >= 4 is 11.7 Å².